The molecule has 0 saturated carbocycles. The summed E-state index contributed by atoms with van der Waals surface area (Å²) in [6, 6.07) is 6.41. The number of halogens is 1. The van der Waals surface area contributed by atoms with Crippen LogP contribution in [0, 0.1) is 0 Å². The molecular formula is C13H16ClN3. The summed E-state index contributed by atoms with van der Waals surface area (Å²) in [5, 5.41) is 7.40. The molecular weight excluding hydrogens is 234 g/mol. The molecule has 0 bridgehead atoms. The van der Waals surface area contributed by atoms with Crippen molar-refractivity contribution >= 4 is 17.6 Å². The van der Waals surface area contributed by atoms with Crippen LogP contribution >= 0.6 is 11.6 Å². The molecule has 1 aliphatic heterocycles. The molecule has 2 aliphatic rings. The lowest BCUT2D eigenvalue weighted by molar-refractivity contribution is 0.570. The van der Waals surface area contributed by atoms with Crippen molar-refractivity contribution in [3.8, 4) is 0 Å². The van der Waals surface area contributed by atoms with Crippen LogP contribution in [0.5, 0.6) is 0 Å². The van der Waals surface area contributed by atoms with Crippen LogP contribution in [0.1, 0.15) is 30.0 Å². The van der Waals surface area contributed by atoms with Gasteiger partial charge in [-0.1, -0.05) is 23.7 Å². The highest BCUT2D eigenvalue weighted by Gasteiger charge is 2.22. The maximum absolute atomic E-state index is 6.24. The first-order valence-electron chi connectivity index (χ1n) is 6.17. The molecule has 3 nitrogen and oxygen atoms in total. The van der Waals surface area contributed by atoms with Gasteiger partial charge >= 0.3 is 0 Å². The Morgan fingerprint density at radius 2 is 2.06 bits per heavy atom. The standard InChI is InChI=1S/C13H16ClN3/c14-11-5-1-4-10-9(11)3-2-6-12(10)17-13-15-7-8-16-13/h1,4-5,12H,2-3,6-8H2,(H2,15,16,17). The van der Waals surface area contributed by atoms with Gasteiger partial charge in [-0.15, -0.1) is 0 Å². The van der Waals surface area contributed by atoms with Gasteiger partial charge in [-0.25, -0.2) is 4.99 Å². The van der Waals surface area contributed by atoms with Crippen molar-refractivity contribution in [2.75, 3.05) is 13.1 Å². The molecule has 0 amide bonds. The molecule has 1 fully saturated rings. The van der Waals surface area contributed by atoms with E-state index in [1.807, 2.05) is 12.1 Å². The summed E-state index contributed by atoms with van der Waals surface area (Å²) in [6.07, 6.45) is 3.36. The summed E-state index contributed by atoms with van der Waals surface area (Å²) in [6.45, 7) is 1.93. The van der Waals surface area contributed by atoms with E-state index in [2.05, 4.69) is 16.7 Å². The third-order valence-electron chi connectivity index (χ3n) is 3.41. The zero-order valence-electron chi connectivity index (χ0n) is 9.67. The van der Waals surface area contributed by atoms with E-state index in [0.29, 0.717) is 0 Å². The fourth-order valence-electron chi connectivity index (χ4n) is 2.58. The fourth-order valence-corrected chi connectivity index (χ4v) is 2.86. The van der Waals surface area contributed by atoms with Crippen molar-refractivity contribution in [2.45, 2.75) is 25.3 Å². The Kier molecular flexibility index (Phi) is 2.93. The Morgan fingerprint density at radius 3 is 2.88 bits per heavy atom. The zero-order valence-corrected chi connectivity index (χ0v) is 10.4. The van der Waals surface area contributed by atoms with Gasteiger partial charge in [0.25, 0.3) is 0 Å². The lowest BCUT2D eigenvalue weighted by Gasteiger charge is -2.23. The molecule has 3 rings (SSSR count). The van der Waals surface area contributed by atoms with Crippen LogP contribution in [0.3, 0.4) is 0 Å². The molecule has 1 aromatic carbocycles. The van der Waals surface area contributed by atoms with Gasteiger partial charge in [-0.3, -0.25) is 0 Å². The summed E-state index contributed by atoms with van der Waals surface area (Å²) >= 11 is 6.24. The summed E-state index contributed by atoms with van der Waals surface area (Å²) < 4.78 is 0. The van der Waals surface area contributed by atoms with Crippen LogP contribution in [0.4, 0.5) is 0 Å². The normalized spacial score (nSPS) is 22.6. The van der Waals surface area contributed by atoms with Crippen molar-refractivity contribution in [1.29, 1.82) is 0 Å². The first kappa shape index (κ1) is 10.9. The summed E-state index contributed by atoms with van der Waals surface area (Å²) in [5.74, 6) is 0.933. The van der Waals surface area contributed by atoms with E-state index < -0.39 is 0 Å². The minimum absolute atomic E-state index is 0.255. The third kappa shape index (κ3) is 2.12. The molecule has 1 saturated heterocycles. The number of hydrogen-bond acceptors (Lipinski definition) is 1. The Balaban J connectivity index is 1.94. The van der Waals surface area contributed by atoms with Gasteiger partial charge in [0.2, 0.25) is 0 Å². The Labute approximate surface area is 106 Å². The summed E-state index contributed by atoms with van der Waals surface area (Å²) in [7, 11) is 0. The van der Waals surface area contributed by atoms with Crippen LogP contribution in [0.25, 0.3) is 0 Å². The Hall–Kier alpha value is -1.22. The second-order valence-corrected chi connectivity index (χ2v) is 4.95. The predicted molar refractivity (Wildman–Crippen MR) is 70.6 cm³/mol. The molecule has 1 heterocycles. The Morgan fingerprint density at radius 1 is 1.24 bits per heavy atom. The minimum atomic E-state index is 0.255. The first-order chi connectivity index (χ1) is 8.34. The molecule has 1 unspecified atom stereocenters. The van der Waals surface area contributed by atoms with Gasteiger partial charge in [0.15, 0.2) is 5.96 Å². The zero-order chi connectivity index (χ0) is 11.7. The van der Waals surface area contributed by atoms with Crippen molar-refractivity contribution in [3.05, 3.63) is 34.3 Å². The molecule has 0 spiro atoms. The van der Waals surface area contributed by atoms with Crippen LogP contribution in [-0.2, 0) is 6.42 Å². The summed E-state index contributed by atoms with van der Waals surface area (Å²) in [5.41, 5.74) is 2.58. The van der Waals surface area contributed by atoms with Gasteiger partial charge in [0, 0.05) is 18.1 Å². The third-order valence-corrected chi connectivity index (χ3v) is 3.77. The average Bonchev–Trinajstić information content (AvgIpc) is 2.83. The molecule has 1 aromatic rings. The van der Waals surface area contributed by atoms with Crippen molar-refractivity contribution in [1.82, 2.24) is 10.6 Å². The molecule has 1 atom stereocenters. The SMILES string of the molecule is Clc1cccc2c1CCCC2N=C1NCCN1. The number of guanidine groups is 1. The maximum atomic E-state index is 6.24. The lowest BCUT2D eigenvalue weighted by Crippen LogP contribution is -2.25. The number of fused-ring (bicyclic) bond motifs is 1. The van der Waals surface area contributed by atoms with Gasteiger partial charge in [0.1, 0.15) is 0 Å². The highest BCUT2D eigenvalue weighted by atomic mass is 35.5. The highest BCUT2D eigenvalue weighted by Crippen LogP contribution is 2.36. The number of nitrogens with zero attached hydrogens (tertiary/aromatic N) is 1. The van der Waals surface area contributed by atoms with E-state index >= 15 is 0 Å². The predicted octanol–water partition coefficient (Wildman–Crippen LogP) is 2.27. The van der Waals surface area contributed by atoms with E-state index in [9.17, 15) is 0 Å². The van der Waals surface area contributed by atoms with Gasteiger partial charge in [-0.2, -0.15) is 0 Å². The molecule has 4 heteroatoms. The molecule has 0 radical (unpaired) electrons. The van der Waals surface area contributed by atoms with E-state index in [-0.39, 0.29) is 6.04 Å². The van der Waals surface area contributed by atoms with Crippen LogP contribution in [-0.4, -0.2) is 19.0 Å². The van der Waals surface area contributed by atoms with Crippen molar-refractivity contribution in [3.63, 3.8) is 0 Å². The molecule has 2 N–H and O–H groups in total. The number of benzene rings is 1. The quantitative estimate of drug-likeness (QED) is 0.801. The van der Waals surface area contributed by atoms with Crippen molar-refractivity contribution < 1.29 is 0 Å². The number of aliphatic imine (C=N–C) groups is 1. The van der Waals surface area contributed by atoms with Crippen molar-refractivity contribution in [2.24, 2.45) is 4.99 Å². The van der Waals surface area contributed by atoms with E-state index in [1.54, 1.807) is 0 Å². The average molecular weight is 250 g/mol. The topological polar surface area (TPSA) is 36.4 Å². The second kappa shape index (κ2) is 4.57. The number of hydrogen-bond donors (Lipinski definition) is 2. The second-order valence-electron chi connectivity index (χ2n) is 4.55. The molecule has 17 heavy (non-hydrogen) atoms. The maximum Gasteiger partial charge on any atom is 0.192 e. The highest BCUT2D eigenvalue weighted by molar-refractivity contribution is 6.31. The molecule has 0 aromatic heterocycles. The number of rotatable bonds is 1. The summed E-state index contributed by atoms with van der Waals surface area (Å²) in [4.78, 5) is 4.75. The fraction of sp³-hybridized carbons (Fsp3) is 0.462. The lowest BCUT2D eigenvalue weighted by atomic mass is 9.88. The molecule has 90 valence electrons. The van der Waals surface area contributed by atoms with E-state index in [0.717, 1.165) is 43.3 Å². The van der Waals surface area contributed by atoms with E-state index in [1.165, 1.54) is 11.1 Å². The number of nitrogens with one attached hydrogen (secondary N) is 2. The minimum Gasteiger partial charge on any atom is -0.355 e. The smallest absolute Gasteiger partial charge is 0.192 e. The van der Waals surface area contributed by atoms with Gasteiger partial charge in [0.05, 0.1) is 6.04 Å². The van der Waals surface area contributed by atoms with Gasteiger partial charge in [-0.05, 0) is 36.5 Å². The van der Waals surface area contributed by atoms with Crippen LogP contribution in [0.15, 0.2) is 23.2 Å². The molecule has 1 aliphatic carbocycles. The van der Waals surface area contributed by atoms with Crippen LogP contribution in [0.2, 0.25) is 5.02 Å². The van der Waals surface area contributed by atoms with E-state index in [4.69, 9.17) is 16.6 Å². The monoisotopic (exact) mass is 249 g/mol. The Bertz CT molecular complexity index is 448. The van der Waals surface area contributed by atoms with Crippen LogP contribution < -0.4 is 10.6 Å². The van der Waals surface area contributed by atoms with Gasteiger partial charge < -0.3 is 10.6 Å². The largest absolute Gasteiger partial charge is 0.355 e. The first-order valence-corrected chi connectivity index (χ1v) is 6.55.